The van der Waals surface area contributed by atoms with Crippen molar-refractivity contribution >= 4 is 15.7 Å². The molecule has 5 heteroatoms. The van der Waals surface area contributed by atoms with Gasteiger partial charge >= 0.3 is 140 Å². The van der Waals surface area contributed by atoms with Crippen molar-refractivity contribution in [2.45, 2.75) is 0 Å². The quantitative estimate of drug-likeness (QED) is 0.758. The Kier molecular flexibility index (Phi) is 4.44. The van der Waals surface area contributed by atoms with E-state index in [2.05, 4.69) is 39.8 Å². The molecule has 0 aromatic heterocycles. The van der Waals surface area contributed by atoms with E-state index in [1.165, 1.54) is 0 Å². The van der Waals surface area contributed by atoms with Crippen LogP contribution in [0, 0.1) is 0 Å². The third kappa shape index (κ3) is 2.61. The molecule has 1 heterocycles. The van der Waals surface area contributed by atoms with Crippen LogP contribution in [0.5, 0.6) is 11.5 Å². The van der Waals surface area contributed by atoms with E-state index in [1.807, 2.05) is 36.4 Å². The van der Waals surface area contributed by atoms with Crippen molar-refractivity contribution in [2.75, 3.05) is 37.1 Å². The summed E-state index contributed by atoms with van der Waals surface area (Å²) in [4.78, 5) is 4.50. The van der Waals surface area contributed by atoms with E-state index in [0.717, 1.165) is 40.3 Å². The average molecular weight is 383 g/mol. The van der Waals surface area contributed by atoms with Crippen LogP contribution in [0.2, 0.25) is 0 Å². The topological polar surface area (TPSA) is 24.9 Å². The van der Waals surface area contributed by atoms with E-state index in [9.17, 15) is 0 Å². The Morgan fingerprint density at radius 1 is 0.773 bits per heavy atom. The third-order valence-electron chi connectivity index (χ3n) is 3.73. The first kappa shape index (κ1) is 15.0. The zero-order valence-corrected chi connectivity index (χ0v) is 14.3. The Morgan fingerprint density at radius 3 is 1.59 bits per heavy atom. The van der Waals surface area contributed by atoms with E-state index in [-0.39, 0.29) is 0 Å². The van der Waals surface area contributed by atoms with Crippen LogP contribution in [0.25, 0.3) is 0 Å². The summed E-state index contributed by atoms with van der Waals surface area (Å²) in [5.74, 6) is 1.76. The summed E-state index contributed by atoms with van der Waals surface area (Å²) < 4.78 is 12.1. The van der Waals surface area contributed by atoms with Gasteiger partial charge in [0.1, 0.15) is 0 Å². The maximum absolute atomic E-state index is 5.49. The second-order valence-electron chi connectivity index (χ2n) is 4.91. The van der Waals surface area contributed by atoms with E-state index >= 15 is 0 Å². The van der Waals surface area contributed by atoms with Gasteiger partial charge in [-0.1, -0.05) is 0 Å². The maximum atomic E-state index is 5.49. The number of rotatable bonds is 4. The first-order valence-corrected chi connectivity index (χ1v) is 7.95. The molecule has 0 bridgehead atoms. The van der Waals surface area contributed by atoms with Crippen LogP contribution in [0.1, 0.15) is 0 Å². The van der Waals surface area contributed by atoms with Gasteiger partial charge in [-0.05, 0) is 0 Å². The van der Waals surface area contributed by atoms with Gasteiger partial charge in [0.15, 0.2) is 0 Å². The molecule has 1 fully saturated rings. The second-order valence-corrected chi connectivity index (χ2v) is 5.68. The van der Waals surface area contributed by atoms with Crippen LogP contribution in [-0.4, -0.2) is 31.7 Å². The molecule has 0 aliphatic carbocycles. The number of nitrogens with zero attached hydrogens (tertiary/aromatic N) is 2. The molecule has 0 atom stereocenters. The summed E-state index contributed by atoms with van der Waals surface area (Å²) >= 11 is 2.73. The van der Waals surface area contributed by atoms with Crippen LogP contribution < -0.4 is 19.3 Å². The molecule has 2 aromatic rings. The zero-order chi connectivity index (χ0) is 15.5. The predicted octanol–water partition coefficient (Wildman–Crippen LogP) is 2.66. The van der Waals surface area contributed by atoms with Gasteiger partial charge in [0, 0.05) is 0 Å². The van der Waals surface area contributed by atoms with Crippen molar-refractivity contribution in [3.8, 4) is 11.5 Å². The molecule has 1 aliphatic heterocycles. The van der Waals surface area contributed by atoms with Gasteiger partial charge in [-0.15, -0.1) is 0 Å². The number of hydrogen-bond donors (Lipinski definition) is 0. The molecule has 0 N–H and O–H groups in total. The van der Waals surface area contributed by atoms with Crippen molar-refractivity contribution in [3.05, 3.63) is 48.5 Å². The van der Waals surface area contributed by atoms with Crippen LogP contribution in [0.3, 0.4) is 0 Å². The summed E-state index contributed by atoms with van der Waals surface area (Å²) in [6.07, 6.45) is 0. The number of ether oxygens (including phenoxy) is 2. The second kappa shape index (κ2) is 6.49. The number of para-hydroxylation sites is 4. The predicted molar refractivity (Wildman–Crippen MR) is 85.7 cm³/mol. The van der Waals surface area contributed by atoms with Gasteiger partial charge in [-0.25, -0.2) is 0 Å². The molecule has 3 rings (SSSR count). The van der Waals surface area contributed by atoms with Crippen LogP contribution in [0.15, 0.2) is 48.5 Å². The molecule has 2 aromatic carbocycles. The van der Waals surface area contributed by atoms with Crippen molar-refractivity contribution in [2.24, 2.45) is 0 Å². The summed E-state index contributed by atoms with van der Waals surface area (Å²) in [5.41, 5.74) is 2.16. The number of benzene rings is 2. The third-order valence-corrected chi connectivity index (χ3v) is 4.67. The zero-order valence-electron chi connectivity index (χ0n) is 12.6. The molecule has 4 nitrogen and oxygen atoms in total. The van der Waals surface area contributed by atoms with Gasteiger partial charge in [-0.2, -0.15) is 0 Å². The minimum absolute atomic E-state index is 0.881. The Bertz CT molecular complexity index is 632. The standard InChI is InChI=1S/C17H18N2O2.Ru/c1-20-16-9-5-3-7-14(16)18-11-12-19(13-18)15-8-4-6-10-17(15)21-2;/h3-10H,11-12H2,1-2H3;/q;+1. The summed E-state index contributed by atoms with van der Waals surface area (Å²) in [7, 11) is 3.41. The molecular formula is C17H18N2O2Ru+. The molecule has 22 heavy (non-hydrogen) atoms. The van der Waals surface area contributed by atoms with Crippen molar-refractivity contribution in [1.29, 1.82) is 0 Å². The van der Waals surface area contributed by atoms with Gasteiger partial charge in [0.05, 0.1) is 0 Å². The minimum atomic E-state index is 0.881. The molecule has 1 saturated heterocycles. The number of methoxy groups -OCH3 is 2. The molecule has 0 amide bonds. The van der Waals surface area contributed by atoms with Gasteiger partial charge in [0.2, 0.25) is 0 Å². The Morgan fingerprint density at radius 2 is 1.18 bits per heavy atom. The number of anilines is 2. The molecule has 0 radical (unpaired) electrons. The van der Waals surface area contributed by atoms with Crippen molar-refractivity contribution in [3.63, 3.8) is 0 Å². The molecule has 0 spiro atoms. The Hall–Kier alpha value is -1.87. The van der Waals surface area contributed by atoms with E-state index in [0.29, 0.717) is 0 Å². The van der Waals surface area contributed by atoms with Crippen molar-refractivity contribution < 1.29 is 27.3 Å². The SMILES string of the molecule is COc1ccccc1N1CCN(c2ccccc2OC)[C]1=[Ru+]. The van der Waals surface area contributed by atoms with E-state index in [1.54, 1.807) is 14.2 Å². The Labute approximate surface area is 140 Å². The normalized spacial score (nSPS) is 14.4. The summed E-state index contributed by atoms with van der Waals surface area (Å²) in [6.45, 7) is 1.81. The molecule has 115 valence electrons. The van der Waals surface area contributed by atoms with Gasteiger partial charge < -0.3 is 0 Å². The molecule has 0 saturated carbocycles. The molecular weight excluding hydrogens is 365 g/mol. The van der Waals surface area contributed by atoms with E-state index < -0.39 is 0 Å². The fourth-order valence-electron chi connectivity index (χ4n) is 2.66. The van der Waals surface area contributed by atoms with Crippen molar-refractivity contribution in [1.82, 2.24) is 0 Å². The van der Waals surface area contributed by atoms with Crippen LogP contribution >= 0.6 is 0 Å². The molecule has 1 aliphatic rings. The first-order valence-electron chi connectivity index (χ1n) is 7.08. The first-order chi connectivity index (χ1) is 10.8. The van der Waals surface area contributed by atoms with Gasteiger partial charge in [-0.3, -0.25) is 0 Å². The van der Waals surface area contributed by atoms with Crippen LogP contribution in [0.4, 0.5) is 11.4 Å². The monoisotopic (exact) mass is 384 g/mol. The Balaban J connectivity index is 1.92. The molecule has 0 unspecified atom stereocenters. The fourth-order valence-corrected chi connectivity index (χ4v) is 3.47. The summed E-state index contributed by atoms with van der Waals surface area (Å²) in [5, 5.41) is 0. The van der Waals surface area contributed by atoms with E-state index in [4.69, 9.17) is 9.47 Å². The van der Waals surface area contributed by atoms with Gasteiger partial charge in [0.25, 0.3) is 0 Å². The van der Waals surface area contributed by atoms with Crippen LogP contribution in [-0.2, 0) is 17.9 Å². The fraction of sp³-hybridized carbons (Fsp3) is 0.235. The number of hydrogen-bond acceptors (Lipinski definition) is 4. The average Bonchev–Trinajstić information content (AvgIpc) is 2.96. The summed E-state index contributed by atoms with van der Waals surface area (Å²) in [6, 6.07) is 16.2.